The largest absolute Gasteiger partial charge is 0.494 e. The Hall–Kier alpha value is -4.06. The van der Waals surface area contributed by atoms with Crippen LogP contribution in [0.1, 0.15) is 30.5 Å². The van der Waals surface area contributed by atoms with E-state index in [1.807, 2.05) is 69.3 Å². The van der Waals surface area contributed by atoms with Gasteiger partial charge in [-0.1, -0.05) is 48.0 Å². The van der Waals surface area contributed by atoms with E-state index < -0.39 is 0 Å². The maximum atomic E-state index is 13.5. The second kappa shape index (κ2) is 10.3. The molecule has 3 aromatic carbocycles. The molecular formula is C28H28N2O4. The van der Waals surface area contributed by atoms with Gasteiger partial charge in [-0.2, -0.15) is 0 Å². The van der Waals surface area contributed by atoms with E-state index in [4.69, 9.17) is 9.47 Å². The van der Waals surface area contributed by atoms with Crippen LogP contribution in [0.4, 0.5) is 5.69 Å². The predicted octanol–water partition coefficient (Wildman–Crippen LogP) is 5.18. The van der Waals surface area contributed by atoms with E-state index in [0.717, 1.165) is 11.1 Å². The number of ether oxygens (including phenoxy) is 2. The number of anilines is 1. The number of rotatable bonds is 9. The summed E-state index contributed by atoms with van der Waals surface area (Å²) in [6.45, 7) is 7.10. The molecular weight excluding hydrogens is 428 g/mol. The van der Waals surface area contributed by atoms with Gasteiger partial charge in [0, 0.05) is 11.8 Å². The zero-order valence-electron chi connectivity index (χ0n) is 19.6. The third kappa shape index (κ3) is 4.96. The normalized spacial score (nSPS) is 13.4. The number of nitrogens with one attached hydrogen (secondary N) is 1. The summed E-state index contributed by atoms with van der Waals surface area (Å²) in [5.41, 5.74) is 3.90. The fraction of sp³-hybridized carbons (Fsp3) is 0.214. The van der Waals surface area contributed by atoms with Crippen LogP contribution in [0.25, 0.3) is 5.57 Å². The van der Waals surface area contributed by atoms with Crippen LogP contribution in [0.15, 0.2) is 78.5 Å². The molecule has 4 rings (SSSR count). The summed E-state index contributed by atoms with van der Waals surface area (Å²) in [7, 11) is 0. The Morgan fingerprint density at radius 2 is 1.47 bits per heavy atom. The van der Waals surface area contributed by atoms with Crippen LogP contribution >= 0.6 is 0 Å². The third-order valence-electron chi connectivity index (χ3n) is 5.50. The van der Waals surface area contributed by atoms with Gasteiger partial charge >= 0.3 is 0 Å². The lowest BCUT2D eigenvalue weighted by Gasteiger charge is -2.16. The summed E-state index contributed by atoms with van der Waals surface area (Å²) in [6.07, 6.45) is 0. The highest BCUT2D eigenvalue weighted by molar-refractivity contribution is 6.36. The molecule has 6 nitrogen and oxygen atoms in total. The number of nitrogens with zero attached hydrogens (tertiary/aromatic N) is 1. The van der Waals surface area contributed by atoms with E-state index in [1.165, 1.54) is 4.90 Å². The van der Waals surface area contributed by atoms with Crippen molar-refractivity contribution in [2.24, 2.45) is 0 Å². The van der Waals surface area contributed by atoms with E-state index in [-0.39, 0.29) is 24.1 Å². The van der Waals surface area contributed by atoms with Gasteiger partial charge in [-0.15, -0.1) is 0 Å². The molecule has 0 atom stereocenters. The fourth-order valence-electron chi connectivity index (χ4n) is 3.84. The number of carbonyl (C=O) groups is 2. The van der Waals surface area contributed by atoms with Crippen LogP contribution in [0, 0.1) is 6.92 Å². The zero-order valence-corrected chi connectivity index (χ0v) is 19.6. The van der Waals surface area contributed by atoms with E-state index >= 15 is 0 Å². The van der Waals surface area contributed by atoms with Gasteiger partial charge in [0.05, 0.1) is 25.3 Å². The number of hydrogen-bond donors (Lipinski definition) is 1. The first-order valence-electron chi connectivity index (χ1n) is 11.4. The second-order valence-electron chi connectivity index (χ2n) is 7.98. The molecule has 0 unspecified atom stereocenters. The van der Waals surface area contributed by atoms with Gasteiger partial charge < -0.3 is 14.8 Å². The maximum Gasteiger partial charge on any atom is 0.278 e. The van der Waals surface area contributed by atoms with Gasteiger partial charge in [0.25, 0.3) is 11.8 Å². The average molecular weight is 457 g/mol. The van der Waals surface area contributed by atoms with Crippen molar-refractivity contribution in [1.82, 2.24) is 4.90 Å². The van der Waals surface area contributed by atoms with E-state index in [2.05, 4.69) is 5.32 Å². The van der Waals surface area contributed by atoms with E-state index in [9.17, 15) is 9.59 Å². The molecule has 0 aliphatic carbocycles. The van der Waals surface area contributed by atoms with Crippen LogP contribution in [0.5, 0.6) is 11.5 Å². The minimum Gasteiger partial charge on any atom is -0.494 e. The molecule has 1 aliphatic rings. The first-order chi connectivity index (χ1) is 16.5. The molecule has 0 saturated carbocycles. The van der Waals surface area contributed by atoms with Crippen LogP contribution < -0.4 is 14.8 Å². The zero-order chi connectivity index (χ0) is 24.1. The molecule has 2 amide bonds. The SMILES string of the molecule is CCOc1ccc(C2=C(Nc3cccc(OCC)c3)C(=O)N(Cc3ccc(C)cc3)C2=O)cc1. The van der Waals surface area contributed by atoms with Gasteiger partial charge in [-0.3, -0.25) is 14.5 Å². The Balaban J connectivity index is 1.70. The van der Waals surface area contributed by atoms with Crippen molar-refractivity contribution in [3.63, 3.8) is 0 Å². The number of amides is 2. The monoisotopic (exact) mass is 456 g/mol. The van der Waals surface area contributed by atoms with Crippen molar-refractivity contribution in [3.8, 4) is 11.5 Å². The summed E-state index contributed by atoms with van der Waals surface area (Å²) in [5, 5.41) is 3.19. The molecule has 6 heteroatoms. The lowest BCUT2D eigenvalue weighted by Crippen LogP contribution is -2.32. The molecule has 1 N–H and O–H groups in total. The molecule has 0 bridgehead atoms. The van der Waals surface area contributed by atoms with Gasteiger partial charge in [0.15, 0.2) is 0 Å². The van der Waals surface area contributed by atoms with Crippen molar-refractivity contribution in [2.45, 2.75) is 27.3 Å². The summed E-state index contributed by atoms with van der Waals surface area (Å²) in [6, 6.07) is 22.4. The molecule has 0 fully saturated rings. The van der Waals surface area contributed by atoms with Crippen molar-refractivity contribution in [2.75, 3.05) is 18.5 Å². The highest BCUT2D eigenvalue weighted by atomic mass is 16.5. The van der Waals surface area contributed by atoms with Crippen molar-refractivity contribution in [1.29, 1.82) is 0 Å². The Bertz CT molecular complexity index is 1210. The molecule has 34 heavy (non-hydrogen) atoms. The van der Waals surface area contributed by atoms with Crippen molar-refractivity contribution in [3.05, 3.63) is 95.2 Å². The minimum atomic E-state index is -0.365. The molecule has 0 saturated heterocycles. The standard InChI is InChI=1S/C28H28N2O4/c1-4-33-23-15-13-21(14-16-23)25-26(29-22-7-6-8-24(17-22)34-5-2)28(32)30(27(25)31)18-20-11-9-19(3)10-12-20/h6-17,29H,4-5,18H2,1-3H3. The lowest BCUT2D eigenvalue weighted by molar-refractivity contribution is -0.137. The number of carbonyl (C=O) groups excluding carboxylic acids is 2. The predicted molar refractivity (Wildman–Crippen MR) is 133 cm³/mol. The lowest BCUT2D eigenvalue weighted by atomic mass is 10.0. The quantitative estimate of drug-likeness (QED) is 0.449. The number of imide groups is 1. The summed E-state index contributed by atoms with van der Waals surface area (Å²) >= 11 is 0. The summed E-state index contributed by atoms with van der Waals surface area (Å²) in [4.78, 5) is 28.3. The summed E-state index contributed by atoms with van der Waals surface area (Å²) < 4.78 is 11.1. The minimum absolute atomic E-state index is 0.197. The maximum absolute atomic E-state index is 13.5. The van der Waals surface area contributed by atoms with Gasteiger partial charge in [-0.25, -0.2) is 0 Å². The van der Waals surface area contributed by atoms with Gasteiger partial charge in [0.1, 0.15) is 17.2 Å². The first kappa shape index (κ1) is 23.1. The molecule has 0 spiro atoms. The summed E-state index contributed by atoms with van der Waals surface area (Å²) in [5.74, 6) is 0.692. The van der Waals surface area contributed by atoms with Crippen LogP contribution in [-0.4, -0.2) is 29.9 Å². The van der Waals surface area contributed by atoms with Gasteiger partial charge in [-0.05, 0) is 56.2 Å². The fourth-order valence-corrected chi connectivity index (χ4v) is 3.84. The molecule has 0 aromatic heterocycles. The Kier molecular flexibility index (Phi) is 6.97. The highest BCUT2D eigenvalue weighted by Crippen LogP contribution is 2.33. The molecule has 1 heterocycles. The second-order valence-corrected chi connectivity index (χ2v) is 7.98. The first-order valence-corrected chi connectivity index (χ1v) is 11.4. The smallest absolute Gasteiger partial charge is 0.278 e. The van der Waals surface area contributed by atoms with E-state index in [0.29, 0.717) is 41.5 Å². The molecule has 174 valence electrons. The topological polar surface area (TPSA) is 67.9 Å². The average Bonchev–Trinajstić information content (AvgIpc) is 3.06. The van der Waals surface area contributed by atoms with Crippen molar-refractivity contribution < 1.29 is 19.1 Å². The Morgan fingerprint density at radius 1 is 0.794 bits per heavy atom. The highest BCUT2D eigenvalue weighted by Gasteiger charge is 2.39. The third-order valence-corrected chi connectivity index (χ3v) is 5.50. The Morgan fingerprint density at radius 3 is 2.15 bits per heavy atom. The molecule has 3 aromatic rings. The van der Waals surface area contributed by atoms with Crippen molar-refractivity contribution >= 4 is 23.1 Å². The van der Waals surface area contributed by atoms with Crippen LogP contribution in [-0.2, 0) is 16.1 Å². The number of hydrogen-bond acceptors (Lipinski definition) is 5. The van der Waals surface area contributed by atoms with Crippen LogP contribution in [0.2, 0.25) is 0 Å². The molecule has 1 aliphatic heterocycles. The van der Waals surface area contributed by atoms with Gasteiger partial charge in [0.2, 0.25) is 0 Å². The Labute approximate surface area is 199 Å². The molecule has 0 radical (unpaired) electrons. The number of aryl methyl sites for hydroxylation is 1. The van der Waals surface area contributed by atoms with Crippen LogP contribution in [0.3, 0.4) is 0 Å². The van der Waals surface area contributed by atoms with E-state index in [1.54, 1.807) is 24.3 Å². The number of benzene rings is 3.